The van der Waals surface area contributed by atoms with Crippen LogP contribution < -0.4 is 4.74 Å². The van der Waals surface area contributed by atoms with Crippen molar-refractivity contribution in [2.75, 3.05) is 13.7 Å². The van der Waals surface area contributed by atoms with E-state index in [2.05, 4.69) is 24.3 Å². The van der Waals surface area contributed by atoms with Gasteiger partial charge in [0.25, 0.3) is 0 Å². The predicted octanol–water partition coefficient (Wildman–Crippen LogP) is 7.48. The second-order valence-corrected chi connectivity index (χ2v) is 10.9. The molecule has 1 aliphatic carbocycles. The van der Waals surface area contributed by atoms with Gasteiger partial charge in [0, 0.05) is 29.5 Å². The summed E-state index contributed by atoms with van der Waals surface area (Å²) >= 11 is 0. The van der Waals surface area contributed by atoms with Crippen LogP contribution >= 0.6 is 0 Å². The predicted molar refractivity (Wildman–Crippen MR) is 143 cm³/mol. The molecule has 0 aromatic heterocycles. The van der Waals surface area contributed by atoms with Crippen LogP contribution in [0.1, 0.15) is 65.1 Å². The van der Waals surface area contributed by atoms with Crippen molar-refractivity contribution in [2.45, 2.75) is 56.3 Å². The van der Waals surface area contributed by atoms with E-state index in [1.807, 2.05) is 29.2 Å². The van der Waals surface area contributed by atoms with E-state index in [1.165, 1.54) is 12.1 Å². The van der Waals surface area contributed by atoms with Gasteiger partial charge in [0.2, 0.25) is 0 Å². The number of alkyl halides is 3. The van der Waals surface area contributed by atoms with Crippen molar-refractivity contribution >= 4 is 11.9 Å². The summed E-state index contributed by atoms with van der Waals surface area (Å²) in [6, 6.07) is 19.4. The molecule has 0 radical (unpaired) electrons. The fraction of sp³-hybridized carbons (Fsp3) is 0.375. The lowest BCUT2D eigenvalue weighted by atomic mass is 9.76. The summed E-state index contributed by atoms with van der Waals surface area (Å²) in [5.74, 6) is -0.995. The first-order chi connectivity index (χ1) is 19.3. The number of nitrogens with zero attached hydrogens (tertiary/aromatic N) is 1. The van der Waals surface area contributed by atoms with Crippen LogP contribution in [0.5, 0.6) is 5.75 Å². The Hall–Kier alpha value is -3.81. The van der Waals surface area contributed by atoms with Gasteiger partial charge in [0.1, 0.15) is 12.4 Å². The Morgan fingerprint density at radius 1 is 0.900 bits per heavy atom. The van der Waals surface area contributed by atoms with Gasteiger partial charge in [-0.1, -0.05) is 54.6 Å². The lowest BCUT2D eigenvalue weighted by Crippen LogP contribution is -2.55. The topological polar surface area (TPSA) is 55.8 Å². The minimum Gasteiger partial charge on any atom is -0.496 e. The number of ketones is 1. The molecule has 0 spiro atoms. The zero-order valence-electron chi connectivity index (χ0n) is 22.1. The Labute approximate surface area is 230 Å². The Balaban J connectivity index is 1.16. The molecule has 0 saturated carbocycles. The number of carbonyl (C=O) groups excluding carboxylic acids is 2. The normalized spacial score (nSPS) is 21.9. The molecule has 2 bridgehead atoms. The van der Waals surface area contributed by atoms with E-state index in [0.717, 1.165) is 54.7 Å². The molecule has 8 heteroatoms. The fourth-order valence-electron chi connectivity index (χ4n) is 6.88. The summed E-state index contributed by atoms with van der Waals surface area (Å²) in [6.45, 7) is 0.233. The van der Waals surface area contributed by atoms with Crippen LogP contribution in [0, 0.1) is 5.92 Å². The zero-order chi connectivity index (χ0) is 28.0. The molecule has 2 aliphatic heterocycles. The monoisotopic (exact) mass is 549 g/mol. The molecule has 2 fully saturated rings. The summed E-state index contributed by atoms with van der Waals surface area (Å²) in [5.41, 5.74) is 3.91. The van der Waals surface area contributed by atoms with Crippen LogP contribution in [-0.4, -0.2) is 42.6 Å². The number of Topliss-reactive ketones (excluding diaryl/α,β-unsaturated/α-hetero) is 1. The Kier molecular flexibility index (Phi) is 6.80. The van der Waals surface area contributed by atoms with E-state index in [1.54, 1.807) is 0 Å². The molecule has 2 saturated heterocycles. The van der Waals surface area contributed by atoms with Gasteiger partial charge in [0.05, 0.1) is 12.7 Å². The lowest BCUT2D eigenvalue weighted by Gasteiger charge is -2.47. The molecule has 3 aromatic rings. The smallest absolute Gasteiger partial charge is 0.419 e. The fourth-order valence-corrected chi connectivity index (χ4v) is 6.88. The molecular formula is C32H30F3NO4. The van der Waals surface area contributed by atoms with Crippen LogP contribution in [0.25, 0.3) is 11.1 Å². The molecule has 2 unspecified atom stereocenters. The summed E-state index contributed by atoms with van der Waals surface area (Å²) in [7, 11) is 1.16. The molecule has 3 aromatic carbocycles. The largest absolute Gasteiger partial charge is 0.496 e. The standard InChI is InChI=1S/C32H30F3NO4/c1-39-29-17-19(13-14-28(29)32(33,34)35)30(37)20-15-21-7-6-8-22(16-20)36(21)31(38)40-18-27-25-11-4-2-9-23(25)24-10-3-5-12-26(24)27/h2-5,9-14,17,20-22,27H,6-8,15-16,18H2,1H3. The SMILES string of the molecule is COc1cc(C(=O)C2CC3CCCC(C2)N3C(=O)OCC2c3ccccc3-c3ccccc32)ccc1C(F)(F)F. The number of ether oxygens (including phenoxy) is 2. The van der Waals surface area contributed by atoms with Gasteiger partial charge in [-0.3, -0.25) is 4.79 Å². The highest BCUT2D eigenvalue weighted by molar-refractivity contribution is 5.98. The summed E-state index contributed by atoms with van der Waals surface area (Å²) in [4.78, 5) is 28.7. The minimum absolute atomic E-state index is 0.0371. The Morgan fingerprint density at radius 2 is 1.50 bits per heavy atom. The third-order valence-corrected chi connectivity index (χ3v) is 8.68. The van der Waals surface area contributed by atoms with Crippen molar-refractivity contribution < 1.29 is 32.2 Å². The van der Waals surface area contributed by atoms with Crippen molar-refractivity contribution in [3.63, 3.8) is 0 Å². The minimum atomic E-state index is -4.57. The summed E-state index contributed by atoms with van der Waals surface area (Å²) in [6.07, 6.45) is -1.53. The molecule has 5 nitrogen and oxygen atoms in total. The van der Waals surface area contributed by atoms with E-state index in [4.69, 9.17) is 9.47 Å². The van der Waals surface area contributed by atoms with Gasteiger partial charge in [-0.15, -0.1) is 0 Å². The number of hydrogen-bond donors (Lipinski definition) is 0. The molecule has 2 atom stereocenters. The third-order valence-electron chi connectivity index (χ3n) is 8.68. The number of hydrogen-bond acceptors (Lipinski definition) is 4. The van der Waals surface area contributed by atoms with Gasteiger partial charge in [-0.2, -0.15) is 13.2 Å². The highest BCUT2D eigenvalue weighted by Crippen LogP contribution is 2.45. The second-order valence-electron chi connectivity index (χ2n) is 10.9. The van der Waals surface area contributed by atoms with Crippen molar-refractivity contribution in [2.24, 2.45) is 5.92 Å². The third kappa shape index (κ3) is 4.63. The van der Waals surface area contributed by atoms with Crippen LogP contribution in [0.4, 0.5) is 18.0 Å². The van der Waals surface area contributed by atoms with E-state index < -0.39 is 11.7 Å². The molecule has 40 heavy (non-hydrogen) atoms. The molecule has 1 amide bonds. The molecular weight excluding hydrogens is 519 g/mol. The number of piperidine rings is 2. The van der Waals surface area contributed by atoms with Gasteiger partial charge >= 0.3 is 12.3 Å². The van der Waals surface area contributed by atoms with Crippen molar-refractivity contribution in [1.82, 2.24) is 4.90 Å². The number of rotatable bonds is 5. The number of halogens is 3. The van der Waals surface area contributed by atoms with Crippen molar-refractivity contribution in [3.05, 3.63) is 89.0 Å². The van der Waals surface area contributed by atoms with Gasteiger partial charge < -0.3 is 14.4 Å². The van der Waals surface area contributed by atoms with Crippen molar-refractivity contribution in [1.29, 1.82) is 0 Å². The summed E-state index contributed by atoms with van der Waals surface area (Å²) < 4.78 is 50.8. The Bertz CT molecular complexity index is 1390. The molecule has 208 valence electrons. The van der Waals surface area contributed by atoms with Crippen LogP contribution in [0.3, 0.4) is 0 Å². The van der Waals surface area contributed by atoms with E-state index in [0.29, 0.717) is 12.8 Å². The second kappa shape index (κ2) is 10.3. The molecule has 2 heterocycles. The quantitative estimate of drug-likeness (QED) is 0.310. The first-order valence-corrected chi connectivity index (χ1v) is 13.7. The van der Waals surface area contributed by atoms with E-state index in [-0.39, 0.29) is 53.7 Å². The van der Waals surface area contributed by atoms with E-state index in [9.17, 15) is 22.8 Å². The van der Waals surface area contributed by atoms with Crippen LogP contribution in [0.2, 0.25) is 0 Å². The van der Waals surface area contributed by atoms with Crippen LogP contribution in [-0.2, 0) is 10.9 Å². The van der Waals surface area contributed by atoms with Gasteiger partial charge in [-0.25, -0.2) is 4.79 Å². The summed E-state index contributed by atoms with van der Waals surface area (Å²) in [5, 5.41) is 0. The van der Waals surface area contributed by atoms with Gasteiger partial charge in [0.15, 0.2) is 5.78 Å². The van der Waals surface area contributed by atoms with Gasteiger partial charge in [-0.05, 0) is 66.5 Å². The maximum Gasteiger partial charge on any atom is 0.419 e. The highest BCUT2D eigenvalue weighted by Gasteiger charge is 2.44. The average Bonchev–Trinajstić information content (AvgIpc) is 3.27. The van der Waals surface area contributed by atoms with Crippen LogP contribution in [0.15, 0.2) is 66.7 Å². The number of amides is 1. The maximum atomic E-state index is 13.4. The first kappa shape index (κ1) is 26.4. The number of carbonyl (C=O) groups is 2. The molecule has 0 N–H and O–H groups in total. The van der Waals surface area contributed by atoms with E-state index >= 15 is 0 Å². The number of benzene rings is 3. The molecule has 3 aliphatic rings. The highest BCUT2D eigenvalue weighted by atomic mass is 19.4. The number of fused-ring (bicyclic) bond motifs is 5. The first-order valence-electron chi connectivity index (χ1n) is 13.7. The maximum absolute atomic E-state index is 13.4. The van der Waals surface area contributed by atoms with Crippen molar-refractivity contribution in [3.8, 4) is 16.9 Å². The molecule has 6 rings (SSSR count). The average molecular weight is 550 g/mol. The lowest BCUT2D eigenvalue weighted by molar-refractivity contribution is -0.138. The Morgan fingerprint density at radius 3 is 2.08 bits per heavy atom. The number of methoxy groups -OCH3 is 1. The zero-order valence-corrected chi connectivity index (χ0v) is 22.1.